The minimum absolute atomic E-state index is 0.113. The van der Waals surface area contributed by atoms with Gasteiger partial charge in [0, 0.05) is 18.7 Å². The number of nitrogens with two attached hydrogens (primary N) is 1. The molecule has 0 spiro atoms. The second-order valence-electron chi connectivity index (χ2n) is 5.33. The molecule has 1 unspecified atom stereocenters. The van der Waals surface area contributed by atoms with Crippen molar-refractivity contribution >= 4 is 17.3 Å². The van der Waals surface area contributed by atoms with E-state index >= 15 is 0 Å². The minimum atomic E-state index is -0.494. The molecule has 0 bridgehead atoms. The van der Waals surface area contributed by atoms with Gasteiger partial charge in [-0.2, -0.15) is 0 Å². The van der Waals surface area contributed by atoms with Gasteiger partial charge in [-0.25, -0.2) is 4.39 Å². The first-order chi connectivity index (χ1) is 9.88. The number of nitrogens with one attached hydrogen (secondary N) is 1. The van der Waals surface area contributed by atoms with Crippen molar-refractivity contribution in [1.29, 1.82) is 0 Å². The van der Waals surface area contributed by atoms with Gasteiger partial charge < -0.3 is 21.1 Å². The van der Waals surface area contributed by atoms with Crippen LogP contribution in [0.2, 0.25) is 0 Å². The van der Waals surface area contributed by atoms with Gasteiger partial charge in [0.25, 0.3) is 0 Å². The highest BCUT2D eigenvalue weighted by Crippen LogP contribution is 2.17. The first kappa shape index (κ1) is 17.4. The van der Waals surface area contributed by atoms with Crippen LogP contribution in [-0.4, -0.2) is 42.2 Å². The van der Waals surface area contributed by atoms with Crippen LogP contribution in [0.5, 0.6) is 0 Å². The van der Waals surface area contributed by atoms with Gasteiger partial charge in [0.1, 0.15) is 5.82 Å². The number of hydrogen-bond donors (Lipinski definition) is 3. The second kappa shape index (κ2) is 8.59. The summed E-state index contributed by atoms with van der Waals surface area (Å²) in [6, 6.07) is 4.08. The summed E-state index contributed by atoms with van der Waals surface area (Å²) in [6.07, 6.45) is 1.37. The van der Waals surface area contributed by atoms with Crippen LogP contribution in [0.3, 0.4) is 0 Å². The molecule has 0 heterocycles. The second-order valence-corrected chi connectivity index (χ2v) is 5.33. The van der Waals surface area contributed by atoms with Crippen molar-refractivity contribution in [2.75, 3.05) is 31.2 Å². The van der Waals surface area contributed by atoms with Crippen molar-refractivity contribution in [1.82, 2.24) is 4.90 Å². The van der Waals surface area contributed by atoms with Crippen molar-refractivity contribution < 1.29 is 14.3 Å². The number of amides is 1. The van der Waals surface area contributed by atoms with E-state index in [4.69, 9.17) is 5.73 Å². The summed E-state index contributed by atoms with van der Waals surface area (Å²) >= 11 is 0. The highest BCUT2D eigenvalue weighted by atomic mass is 19.1. The van der Waals surface area contributed by atoms with Gasteiger partial charge in [0.2, 0.25) is 5.91 Å². The van der Waals surface area contributed by atoms with Gasteiger partial charge in [-0.3, -0.25) is 4.79 Å². The molecule has 0 saturated carbocycles. The monoisotopic (exact) mass is 297 g/mol. The molecule has 5 nitrogen and oxygen atoms in total. The van der Waals surface area contributed by atoms with Gasteiger partial charge in [-0.05, 0) is 51.6 Å². The number of hydrogen-bond acceptors (Lipinski definition) is 4. The van der Waals surface area contributed by atoms with Crippen LogP contribution in [0.15, 0.2) is 18.2 Å². The fourth-order valence-electron chi connectivity index (χ4n) is 1.88. The lowest BCUT2D eigenvalue weighted by Gasteiger charge is -2.17. The van der Waals surface area contributed by atoms with Gasteiger partial charge in [-0.15, -0.1) is 0 Å². The van der Waals surface area contributed by atoms with E-state index in [2.05, 4.69) is 10.2 Å². The average molecular weight is 297 g/mol. The molecule has 6 heteroatoms. The Hall–Kier alpha value is -1.66. The highest BCUT2D eigenvalue weighted by molar-refractivity contribution is 5.91. The summed E-state index contributed by atoms with van der Waals surface area (Å²) in [4.78, 5) is 13.8. The number of carbonyl (C=O) groups is 1. The molecule has 0 radical (unpaired) electrons. The summed E-state index contributed by atoms with van der Waals surface area (Å²) < 4.78 is 13.5. The molecular weight excluding hydrogens is 273 g/mol. The molecule has 0 aliphatic rings. The maximum absolute atomic E-state index is 13.5. The van der Waals surface area contributed by atoms with E-state index in [9.17, 15) is 14.3 Å². The van der Waals surface area contributed by atoms with Crippen LogP contribution in [0.1, 0.15) is 26.2 Å². The van der Waals surface area contributed by atoms with Crippen LogP contribution in [0.25, 0.3) is 0 Å². The zero-order chi connectivity index (χ0) is 15.8. The van der Waals surface area contributed by atoms with Crippen LogP contribution < -0.4 is 11.1 Å². The summed E-state index contributed by atoms with van der Waals surface area (Å²) in [5.74, 6) is -0.727. The summed E-state index contributed by atoms with van der Waals surface area (Å²) in [5, 5.41) is 11.7. The molecule has 1 aromatic rings. The van der Waals surface area contributed by atoms with E-state index in [1.165, 1.54) is 18.2 Å². The number of nitrogens with zero attached hydrogens (tertiary/aromatic N) is 1. The summed E-state index contributed by atoms with van der Waals surface area (Å²) in [5.41, 5.74) is 6.08. The maximum Gasteiger partial charge on any atom is 0.224 e. The SMILES string of the molecule is CC(O)CCN(C)CCCC(=O)Nc1cc(N)ccc1F. The normalized spacial score (nSPS) is 12.4. The van der Waals surface area contributed by atoms with Crippen LogP contribution in [-0.2, 0) is 4.79 Å². The molecule has 1 rings (SSSR count). The average Bonchev–Trinajstić information content (AvgIpc) is 2.40. The molecule has 0 aliphatic heterocycles. The molecule has 1 atom stereocenters. The fourth-order valence-corrected chi connectivity index (χ4v) is 1.88. The first-order valence-electron chi connectivity index (χ1n) is 7.10. The molecule has 0 saturated heterocycles. The third-order valence-electron chi connectivity index (χ3n) is 3.14. The number of anilines is 2. The standard InChI is InChI=1S/C15H24FN3O2/c1-11(20)7-9-19(2)8-3-4-15(21)18-14-10-12(17)5-6-13(14)16/h5-6,10-11,20H,3-4,7-9,17H2,1-2H3,(H,18,21). The van der Waals surface area contributed by atoms with Crippen molar-refractivity contribution in [3.8, 4) is 0 Å². The summed E-state index contributed by atoms with van der Waals surface area (Å²) in [7, 11) is 1.94. The molecule has 118 valence electrons. The minimum Gasteiger partial charge on any atom is -0.399 e. The van der Waals surface area contributed by atoms with Crippen LogP contribution in [0, 0.1) is 5.82 Å². The Morgan fingerprint density at radius 2 is 2.19 bits per heavy atom. The molecule has 0 aromatic heterocycles. The quantitative estimate of drug-likeness (QED) is 0.640. The van der Waals surface area contributed by atoms with E-state index < -0.39 is 5.82 Å². The maximum atomic E-state index is 13.5. The van der Waals surface area contributed by atoms with Gasteiger partial charge in [-0.1, -0.05) is 0 Å². The van der Waals surface area contributed by atoms with E-state index in [-0.39, 0.29) is 17.7 Å². The lowest BCUT2D eigenvalue weighted by molar-refractivity contribution is -0.116. The number of aliphatic hydroxyl groups excluding tert-OH is 1. The molecule has 4 N–H and O–H groups in total. The Morgan fingerprint density at radius 1 is 1.48 bits per heavy atom. The third kappa shape index (κ3) is 7.06. The highest BCUT2D eigenvalue weighted by Gasteiger charge is 2.08. The third-order valence-corrected chi connectivity index (χ3v) is 3.14. The topological polar surface area (TPSA) is 78.6 Å². The molecule has 0 fully saturated rings. The van der Waals surface area contributed by atoms with Gasteiger partial charge in [0.15, 0.2) is 0 Å². The van der Waals surface area contributed by atoms with Crippen molar-refractivity contribution in [2.24, 2.45) is 0 Å². The smallest absolute Gasteiger partial charge is 0.224 e. The van der Waals surface area contributed by atoms with E-state index in [1.807, 2.05) is 7.05 Å². The Morgan fingerprint density at radius 3 is 2.86 bits per heavy atom. The number of nitrogen functional groups attached to an aromatic ring is 1. The van der Waals surface area contributed by atoms with Gasteiger partial charge in [0.05, 0.1) is 11.8 Å². The number of aliphatic hydroxyl groups is 1. The van der Waals surface area contributed by atoms with Crippen molar-refractivity contribution in [2.45, 2.75) is 32.3 Å². The lowest BCUT2D eigenvalue weighted by Crippen LogP contribution is -2.24. The summed E-state index contributed by atoms with van der Waals surface area (Å²) in [6.45, 7) is 3.28. The van der Waals surface area contributed by atoms with Crippen LogP contribution in [0.4, 0.5) is 15.8 Å². The zero-order valence-electron chi connectivity index (χ0n) is 12.6. The van der Waals surface area contributed by atoms with Crippen molar-refractivity contribution in [3.05, 3.63) is 24.0 Å². The molecule has 0 aliphatic carbocycles. The molecular formula is C15H24FN3O2. The molecule has 1 aromatic carbocycles. The predicted octanol–water partition coefficient (Wildman–Crippen LogP) is 1.83. The van der Waals surface area contributed by atoms with E-state index in [0.717, 1.165) is 13.1 Å². The predicted molar refractivity (Wildman–Crippen MR) is 82.5 cm³/mol. The fraction of sp³-hybridized carbons (Fsp3) is 0.533. The Balaban J connectivity index is 2.29. The number of halogens is 1. The Bertz CT molecular complexity index is 466. The van der Waals surface area contributed by atoms with E-state index in [1.54, 1.807) is 6.92 Å². The largest absolute Gasteiger partial charge is 0.399 e. The Labute approximate surface area is 124 Å². The van der Waals surface area contributed by atoms with Crippen LogP contribution >= 0.6 is 0 Å². The van der Waals surface area contributed by atoms with Gasteiger partial charge >= 0.3 is 0 Å². The lowest BCUT2D eigenvalue weighted by atomic mass is 10.2. The zero-order valence-corrected chi connectivity index (χ0v) is 12.6. The number of benzene rings is 1. The van der Waals surface area contributed by atoms with Crippen molar-refractivity contribution in [3.63, 3.8) is 0 Å². The number of rotatable bonds is 8. The molecule has 21 heavy (non-hydrogen) atoms. The Kier molecular flexibility index (Phi) is 7.11. The molecule has 1 amide bonds. The number of carbonyl (C=O) groups excluding carboxylic acids is 1. The first-order valence-corrected chi connectivity index (χ1v) is 7.10. The van der Waals surface area contributed by atoms with E-state index in [0.29, 0.717) is 24.9 Å².